The third kappa shape index (κ3) is 2.55. The summed E-state index contributed by atoms with van der Waals surface area (Å²) in [5, 5.41) is 14.9. The molecule has 0 bridgehead atoms. The highest BCUT2D eigenvalue weighted by Gasteiger charge is 1.98. The normalized spacial score (nSPS) is 9.75. The Morgan fingerprint density at radius 1 is 1.50 bits per heavy atom. The fourth-order valence-corrected chi connectivity index (χ4v) is 1.86. The highest BCUT2D eigenvalue weighted by Crippen LogP contribution is 2.11. The van der Waals surface area contributed by atoms with Gasteiger partial charge in [0.15, 0.2) is 0 Å². The van der Waals surface area contributed by atoms with Crippen LogP contribution < -0.4 is 5.32 Å². The molecule has 2 rings (SSSR count). The summed E-state index contributed by atoms with van der Waals surface area (Å²) >= 11 is 1.64. The predicted molar refractivity (Wildman–Crippen MR) is 63.1 cm³/mol. The van der Waals surface area contributed by atoms with Crippen LogP contribution in [0.1, 0.15) is 16.4 Å². The number of aryl methyl sites for hydroxylation is 1. The van der Waals surface area contributed by atoms with E-state index in [0.29, 0.717) is 12.2 Å². The molecule has 0 saturated carbocycles. The van der Waals surface area contributed by atoms with E-state index in [1.54, 1.807) is 23.6 Å². The van der Waals surface area contributed by atoms with Crippen molar-refractivity contribution in [2.24, 2.45) is 0 Å². The van der Waals surface area contributed by atoms with Gasteiger partial charge in [-0.3, -0.25) is 0 Å². The minimum absolute atomic E-state index is 0.426. The molecule has 0 amide bonds. The molecule has 2 aromatic rings. The highest BCUT2D eigenvalue weighted by atomic mass is 32.1. The third-order valence-electron chi connectivity index (χ3n) is 2.02. The molecule has 0 unspecified atom stereocenters. The molecule has 80 valence electrons. The molecule has 5 heteroatoms. The fourth-order valence-electron chi connectivity index (χ4n) is 1.25. The number of anilines is 1. The third-order valence-corrected chi connectivity index (χ3v) is 2.84. The number of hydrogen-bond donors (Lipinski definition) is 1. The van der Waals surface area contributed by atoms with E-state index in [1.165, 1.54) is 0 Å². The molecule has 0 aromatic carbocycles. The van der Waals surface area contributed by atoms with E-state index in [4.69, 9.17) is 5.26 Å². The molecule has 0 aliphatic carbocycles. The van der Waals surface area contributed by atoms with Crippen LogP contribution in [0.4, 0.5) is 5.69 Å². The van der Waals surface area contributed by atoms with Gasteiger partial charge in [-0.15, -0.1) is 11.3 Å². The first kappa shape index (κ1) is 10.6. The molecule has 0 radical (unpaired) electrons. The molecule has 0 spiro atoms. The van der Waals surface area contributed by atoms with Gasteiger partial charge in [-0.25, -0.2) is 9.97 Å². The van der Waals surface area contributed by atoms with Gasteiger partial charge in [0, 0.05) is 5.38 Å². The summed E-state index contributed by atoms with van der Waals surface area (Å²) < 4.78 is 0. The number of rotatable bonds is 3. The van der Waals surface area contributed by atoms with Crippen molar-refractivity contribution in [2.75, 3.05) is 5.32 Å². The first-order chi connectivity index (χ1) is 7.78. The molecule has 0 atom stereocenters. The molecule has 0 saturated heterocycles. The summed E-state index contributed by atoms with van der Waals surface area (Å²) in [6.45, 7) is 2.66. The lowest BCUT2D eigenvalue weighted by molar-refractivity contribution is 1.05. The molecule has 0 fully saturated rings. The van der Waals surface area contributed by atoms with Crippen molar-refractivity contribution in [3.63, 3.8) is 0 Å². The minimum Gasteiger partial charge on any atom is -0.378 e. The van der Waals surface area contributed by atoms with Gasteiger partial charge in [-0.1, -0.05) is 0 Å². The number of aromatic nitrogens is 2. The largest absolute Gasteiger partial charge is 0.378 e. The highest BCUT2D eigenvalue weighted by molar-refractivity contribution is 7.09. The van der Waals surface area contributed by atoms with Crippen LogP contribution in [0.3, 0.4) is 0 Å². The van der Waals surface area contributed by atoms with Crippen LogP contribution >= 0.6 is 11.3 Å². The summed E-state index contributed by atoms with van der Waals surface area (Å²) in [7, 11) is 0. The van der Waals surface area contributed by atoms with Gasteiger partial charge in [0.2, 0.25) is 0 Å². The van der Waals surface area contributed by atoms with Gasteiger partial charge in [0.05, 0.1) is 29.1 Å². The van der Waals surface area contributed by atoms with Gasteiger partial charge >= 0.3 is 0 Å². The Morgan fingerprint density at radius 2 is 2.38 bits per heavy atom. The second-order valence-corrected chi connectivity index (χ2v) is 4.32. The predicted octanol–water partition coefficient (Wildman–Crippen LogP) is 2.33. The number of thiazole rings is 1. The van der Waals surface area contributed by atoms with Crippen LogP contribution in [0.5, 0.6) is 0 Å². The maximum Gasteiger partial charge on any atom is 0.140 e. The van der Waals surface area contributed by atoms with E-state index in [2.05, 4.69) is 15.3 Å². The molecule has 4 nitrogen and oxygen atoms in total. The lowest BCUT2D eigenvalue weighted by Crippen LogP contribution is -2.00. The van der Waals surface area contributed by atoms with Crippen molar-refractivity contribution in [1.82, 2.24) is 9.97 Å². The van der Waals surface area contributed by atoms with Gasteiger partial charge in [0.1, 0.15) is 11.8 Å². The fraction of sp³-hybridized carbons (Fsp3) is 0.182. The zero-order chi connectivity index (χ0) is 11.4. The molecule has 0 aliphatic heterocycles. The Hall–Kier alpha value is -1.93. The van der Waals surface area contributed by atoms with E-state index in [0.717, 1.165) is 16.4 Å². The summed E-state index contributed by atoms with van der Waals surface area (Å²) in [5.41, 5.74) is 2.34. The summed E-state index contributed by atoms with van der Waals surface area (Å²) in [6, 6.07) is 5.51. The zero-order valence-corrected chi connectivity index (χ0v) is 9.58. The topological polar surface area (TPSA) is 61.6 Å². The monoisotopic (exact) mass is 230 g/mol. The molecular formula is C11H10N4S. The van der Waals surface area contributed by atoms with Crippen LogP contribution in [0.2, 0.25) is 0 Å². The minimum atomic E-state index is 0.426. The second-order valence-electron chi connectivity index (χ2n) is 3.26. The molecule has 2 heterocycles. The first-order valence-electron chi connectivity index (χ1n) is 4.79. The van der Waals surface area contributed by atoms with Crippen LogP contribution in [0, 0.1) is 18.3 Å². The second kappa shape index (κ2) is 4.73. The van der Waals surface area contributed by atoms with E-state index in [1.807, 2.05) is 24.4 Å². The Kier molecular flexibility index (Phi) is 3.13. The van der Waals surface area contributed by atoms with Gasteiger partial charge in [-0.2, -0.15) is 5.26 Å². The van der Waals surface area contributed by atoms with E-state index in [-0.39, 0.29) is 0 Å². The summed E-state index contributed by atoms with van der Waals surface area (Å²) in [5.74, 6) is 0. The molecule has 0 aliphatic rings. The first-order valence-corrected chi connectivity index (χ1v) is 5.67. The number of nitrogens with zero attached hydrogens (tertiary/aromatic N) is 3. The number of pyridine rings is 1. The van der Waals surface area contributed by atoms with Crippen LogP contribution in [0.15, 0.2) is 23.7 Å². The van der Waals surface area contributed by atoms with Crippen molar-refractivity contribution in [2.45, 2.75) is 13.5 Å². The van der Waals surface area contributed by atoms with Crippen molar-refractivity contribution < 1.29 is 0 Å². The summed E-state index contributed by atoms with van der Waals surface area (Å²) in [6.07, 6.45) is 1.65. The van der Waals surface area contributed by atoms with Crippen molar-refractivity contribution in [3.8, 4) is 6.07 Å². The lowest BCUT2D eigenvalue weighted by atomic mass is 10.3. The molecular weight excluding hydrogens is 220 g/mol. The SMILES string of the molecule is Cc1nc(CNc2ccc(C#N)nc2)cs1. The molecule has 1 N–H and O–H groups in total. The smallest absolute Gasteiger partial charge is 0.140 e. The Morgan fingerprint density at radius 3 is 2.94 bits per heavy atom. The van der Waals surface area contributed by atoms with E-state index >= 15 is 0 Å². The van der Waals surface area contributed by atoms with Gasteiger partial charge in [-0.05, 0) is 19.1 Å². The number of nitriles is 1. The summed E-state index contributed by atoms with van der Waals surface area (Å²) in [4.78, 5) is 8.32. The average Bonchev–Trinajstić information content (AvgIpc) is 2.73. The zero-order valence-electron chi connectivity index (χ0n) is 8.77. The average molecular weight is 230 g/mol. The van der Waals surface area contributed by atoms with E-state index < -0.39 is 0 Å². The Bertz CT molecular complexity index is 510. The van der Waals surface area contributed by atoms with Crippen molar-refractivity contribution >= 4 is 17.0 Å². The van der Waals surface area contributed by atoms with Crippen LogP contribution in [-0.2, 0) is 6.54 Å². The van der Waals surface area contributed by atoms with Crippen molar-refractivity contribution in [1.29, 1.82) is 5.26 Å². The Labute approximate surface area is 97.6 Å². The maximum atomic E-state index is 8.60. The maximum absolute atomic E-state index is 8.60. The van der Waals surface area contributed by atoms with Crippen LogP contribution in [0.25, 0.3) is 0 Å². The molecule has 16 heavy (non-hydrogen) atoms. The molecule has 2 aromatic heterocycles. The Balaban J connectivity index is 1.97. The van der Waals surface area contributed by atoms with Gasteiger partial charge in [0.25, 0.3) is 0 Å². The van der Waals surface area contributed by atoms with Crippen LogP contribution in [-0.4, -0.2) is 9.97 Å². The van der Waals surface area contributed by atoms with Gasteiger partial charge < -0.3 is 5.32 Å². The number of nitrogens with one attached hydrogen (secondary N) is 1. The van der Waals surface area contributed by atoms with Crippen molar-refractivity contribution in [3.05, 3.63) is 40.1 Å². The van der Waals surface area contributed by atoms with E-state index in [9.17, 15) is 0 Å². The standard InChI is InChI=1S/C11H10N4S/c1-8-15-11(7-16-8)6-14-10-3-2-9(4-12)13-5-10/h2-3,5,7,14H,6H2,1H3. The number of hydrogen-bond acceptors (Lipinski definition) is 5. The quantitative estimate of drug-likeness (QED) is 0.879. The lowest BCUT2D eigenvalue weighted by Gasteiger charge is -2.02.